The van der Waals surface area contributed by atoms with E-state index in [1.165, 1.54) is 11.8 Å². The lowest BCUT2D eigenvalue weighted by Gasteiger charge is -2.19. The van der Waals surface area contributed by atoms with Crippen LogP contribution in [-0.2, 0) is 14.4 Å². The van der Waals surface area contributed by atoms with Crippen LogP contribution in [-0.4, -0.2) is 17.8 Å². The molecule has 1 aromatic carbocycles. The van der Waals surface area contributed by atoms with E-state index in [1.807, 2.05) is 0 Å². The molecule has 2 amide bonds. The Morgan fingerprint density at radius 2 is 1.77 bits per heavy atom. The Morgan fingerprint density at radius 1 is 1.14 bits per heavy atom. The fraction of sp³-hybridized carbons (Fsp3) is 0.471. The lowest BCUT2D eigenvalue weighted by molar-refractivity contribution is -0.132. The number of nitrogens with zero attached hydrogens (tertiary/aromatic N) is 1. The lowest BCUT2D eigenvalue weighted by Crippen LogP contribution is -2.32. The van der Waals surface area contributed by atoms with Crippen molar-refractivity contribution in [2.45, 2.75) is 26.2 Å². The molecule has 4 rings (SSSR count). The van der Waals surface area contributed by atoms with Gasteiger partial charge in [-0.05, 0) is 43.2 Å². The zero-order valence-corrected chi connectivity index (χ0v) is 12.3. The van der Waals surface area contributed by atoms with E-state index in [0.29, 0.717) is 23.3 Å². The van der Waals surface area contributed by atoms with Crippen molar-refractivity contribution in [3.8, 4) is 5.75 Å². The molecule has 114 valence electrons. The second-order valence-corrected chi connectivity index (χ2v) is 6.49. The predicted molar refractivity (Wildman–Crippen MR) is 78.1 cm³/mol. The van der Waals surface area contributed by atoms with Crippen molar-refractivity contribution < 1.29 is 19.1 Å². The SMILES string of the molecule is CC(=O)Oc1cccc(N2C(=O)[C@@H]3[C@H]4CC[C@@H](C4)[C@@H]3C2=O)c1. The Bertz CT molecular complexity index is 655. The molecule has 3 aliphatic rings. The third kappa shape index (κ3) is 1.81. The highest BCUT2D eigenvalue weighted by Crippen LogP contribution is 2.56. The minimum Gasteiger partial charge on any atom is -0.427 e. The molecule has 0 N–H and O–H groups in total. The highest BCUT2D eigenvalue weighted by atomic mass is 16.5. The fourth-order valence-electron chi connectivity index (χ4n) is 4.52. The van der Waals surface area contributed by atoms with Crippen molar-refractivity contribution in [3.05, 3.63) is 24.3 Å². The van der Waals surface area contributed by atoms with Crippen LogP contribution in [0.25, 0.3) is 0 Å². The molecule has 0 unspecified atom stereocenters. The summed E-state index contributed by atoms with van der Waals surface area (Å²) >= 11 is 0. The first kappa shape index (κ1) is 13.5. The number of ether oxygens (including phenoxy) is 1. The summed E-state index contributed by atoms with van der Waals surface area (Å²) in [5.74, 6) is 0.231. The van der Waals surface area contributed by atoms with Crippen LogP contribution in [0.5, 0.6) is 5.75 Å². The van der Waals surface area contributed by atoms with E-state index in [1.54, 1.807) is 24.3 Å². The first-order chi connectivity index (χ1) is 10.6. The summed E-state index contributed by atoms with van der Waals surface area (Å²) < 4.78 is 5.05. The van der Waals surface area contributed by atoms with Crippen LogP contribution in [0.4, 0.5) is 5.69 Å². The van der Waals surface area contributed by atoms with Gasteiger partial charge >= 0.3 is 5.97 Å². The highest BCUT2D eigenvalue weighted by molar-refractivity contribution is 6.22. The minimum atomic E-state index is -0.425. The number of hydrogen-bond donors (Lipinski definition) is 0. The molecular formula is C17H17NO4. The molecule has 0 radical (unpaired) electrons. The number of imide groups is 1. The van der Waals surface area contributed by atoms with Crippen molar-refractivity contribution in [2.75, 3.05) is 4.90 Å². The van der Waals surface area contributed by atoms with Gasteiger partial charge in [0.1, 0.15) is 5.75 Å². The monoisotopic (exact) mass is 299 g/mol. The van der Waals surface area contributed by atoms with Gasteiger partial charge in [-0.3, -0.25) is 14.4 Å². The average molecular weight is 299 g/mol. The average Bonchev–Trinajstić information content (AvgIpc) is 3.12. The summed E-state index contributed by atoms with van der Waals surface area (Å²) in [4.78, 5) is 37.8. The van der Waals surface area contributed by atoms with E-state index < -0.39 is 5.97 Å². The highest BCUT2D eigenvalue weighted by Gasteiger charge is 2.61. The lowest BCUT2D eigenvalue weighted by atomic mass is 9.81. The van der Waals surface area contributed by atoms with Crippen molar-refractivity contribution in [2.24, 2.45) is 23.7 Å². The van der Waals surface area contributed by atoms with Gasteiger partial charge in [-0.25, -0.2) is 4.90 Å². The topological polar surface area (TPSA) is 63.7 Å². The van der Waals surface area contributed by atoms with Crippen LogP contribution in [0.3, 0.4) is 0 Å². The van der Waals surface area contributed by atoms with Crippen molar-refractivity contribution in [1.82, 2.24) is 0 Å². The van der Waals surface area contributed by atoms with Crippen molar-refractivity contribution >= 4 is 23.5 Å². The summed E-state index contributed by atoms with van der Waals surface area (Å²) in [5, 5.41) is 0. The van der Waals surface area contributed by atoms with Crippen LogP contribution in [0.1, 0.15) is 26.2 Å². The summed E-state index contributed by atoms with van der Waals surface area (Å²) in [7, 11) is 0. The molecular weight excluding hydrogens is 282 g/mol. The summed E-state index contributed by atoms with van der Waals surface area (Å²) in [5.41, 5.74) is 0.502. The number of rotatable bonds is 2. The molecule has 1 heterocycles. The Balaban J connectivity index is 1.67. The smallest absolute Gasteiger partial charge is 0.308 e. The van der Waals surface area contributed by atoms with Gasteiger partial charge in [0, 0.05) is 13.0 Å². The van der Waals surface area contributed by atoms with Gasteiger partial charge < -0.3 is 4.74 Å². The summed E-state index contributed by atoms with van der Waals surface area (Å²) in [6.07, 6.45) is 3.15. The quantitative estimate of drug-likeness (QED) is 0.477. The number of carbonyl (C=O) groups is 3. The molecule has 1 saturated heterocycles. The van der Waals surface area contributed by atoms with E-state index in [0.717, 1.165) is 19.3 Å². The number of benzene rings is 1. The first-order valence-corrected chi connectivity index (χ1v) is 7.72. The molecule has 2 saturated carbocycles. The van der Waals surface area contributed by atoms with E-state index in [9.17, 15) is 14.4 Å². The molecule has 1 aliphatic heterocycles. The van der Waals surface area contributed by atoms with Crippen LogP contribution >= 0.6 is 0 Å². The van der Waals surface area contributed by atoms with Gasteiger partial charge in [0.15, 0.2) is 0 Å². The van der Waals surface area contributed by atoms with E-state index in [-0.39, 0.29) is 23.7 Å². The van der Waals surface area contributed by atoms with Crippen LogP contribution in [0, 0.1) is 23.7 Å². The first-order valence-electron chi connectivity index (χ1n) is 7.72. The third-order valence-corrected chi connectivity index (χ3v) is 5.26. The van der Waals surface area contributed by atoms with Crippen LogP contribution in [0.2, 0.25) is 0 Å². The molecule has 2 bridgehead atoms. The number of hydrogen-bond acceptors (Lipinski definition) is 4. The number of esters is 1. The minimum absolute atomic E-state index is 0.0813. The second kappa shape index (κ2) is 4.66. The number of amides is 2. The van der Waals surface area contributed by atoms with Crippen LogP contribution in [0.15, 0.2) is 24.3 Å². The molecule has 2 aliphatic carbocycles. The largest absolute Gasteiger partial charge is 0.427 e. The number of carbonyl (C=O) groups excluding carboxylic acids is 3. The van der Waals surface area contributed by atoms with Gasteiger partial charge in [-0.15, -0.1) is 0 Å². The molecule has 0 aromatic heterocycles. The maximum Gasteiger partial charge on any atom is 0.308 e. The van der Waals surface area contributed by atoms with Gasteiger partial charge in [-0.2, -0.15) is 0 Å². The van der Waals surface area contributed by atoms with Gasteiger partial charge in [-0.1, -0.05) is 6.07 Å². The maximum absolute atomic E-state index is 12.7. The Hall–Kier alpha value is -2.17. The summed E-state index contributed by atoms with van der Waals surface area (Å²) in [6.45, 7) is 1.32. The Kier molecular flexibility index (Phi) is 2.86. The molecule has 5 heteroatoms. The molecule has 1 aromatic rings. The number of anilines is 1. The molecule has 5 nitrogen and oxygen atoms in total. The maximum atomic E-state index is 12.7. The van der Waals surface area contributed by atoms with Gasteiger partial charge in [0.25, 0.3) is 0 Å². The Morgan fingerprint density at radius 3 is 2.36 bits per heavy atom. The second-order valence-electron chi connectivity index (χ2n) is 6.49. The zero-order valence-electron chi connectivity index (χ0n) is 12.3. The van der Waals surface area contributed by atoms with E-state index >= 15 is 0 Å². The summed E-state index contributed by atoms with van der Waals surface area (Å²) in [6, 6.07) is 6.63. The van der Waals surface area contributed by atoms with E-state index in [4.69, 9.17) is 4.74 Å². The zero-order chi connectivity index (χ0) is 15.4. The molecule has 22 heavy (non-hydrogen) atoms. The van der Waals surface area contributed by atoms with Crippen LogP contribution < -0.4 is 9.64 Å². The third-order valence-electron chi connectivity index (χ3n) is 5.26. The van der Waals surface area contributed by atoms with Gasteiger partial charge in [0.2, 0.25) is 11.8 Å². The number of fused-ring (bicyclic) bond motifs is 5. The van der Waals surface area contributed by atoms with E-state index in [2.05, 4.69) is 0 Å². The van der Waals surface area contributed by atoms with Crippen molar-refractivity contribution in [3.63, 3.8) is 0 Å². The fourth-order valence-corrected chi connectivity index (χ4v) is 4.52. The predicted octanol–water partition coefficient (Wildman–Crippen LogP) is 2.15. The Labute approximate surface area is 128 Å². The molecule has 0 spiro atoms. The van der Waals surface area contributed by atoms with Gasteiger partial charge in [0.05, 0.1) is 17.5 Å². The van der Waals surface area contributed by atoms with Crippen molar-refractivity contribution in [1.29, 1.82) is 0 Å². The molecule has 3 fully saturated rings. The normalized spacial score (nSPS) is 32.5. The molecule has 4 atom stereocenters. The standard InChI is InChI=1S/C17H17NO4/c1-9(19)22-13-4-2-3-12(8-13)18-16(20)14-10-5-6-11(7-10)15(14)17(18)21/h2-4,8,10-11,14-15H,5-7H2,1H3/t10-,11-,14-,15+/m0/s1.